The zero-order valence-electron chi connectivity index (χ0n) is 9.52. The van der Waals surface area contributed by atoms with Crippen LogP contribution in [0.25, 0.3) is 0 Å². The molecule has 0 radical (unpaired) electrons. The fourth-order valence-electron chi connectivity index (χ4n) is 0.893. The van der Waals surface area contributed by atoms with Crippen LogP contribution in [0.15, 0.2) is 34.5 Å². The minimum Gasteiger partial charge on any atom is -0.508 e. The molecule has 0 aromatic heterocycles. The molecule has 6 N–H and O–H groups in total. The molecule has 0 saturated heterocycles. The van der Waals surface area contributed by atoms with Gasteiger partial charge in [0.25, 0.3) is 5.09 Å². The highest BCUT2D eigenvalue weighted by Gasteiger charge is 1.96. The SMILES string of the molecule is CC(=NN=C(N)N)c1ccc(O)cc1.O=[N+]([O-])O. The molecular weight excluding hydrogens is 242 g/mol. The van der Waals surface area contributed by atoms with Gasteiger partial charge in [0.15, 0.2) is 0 Å². The third-order valence-electron chi connectivity index (χ3n) is 1.60. The molecule has 0 aliphatic carbocycles. The maximum Gasteiger partial charge on any atom is 0.291 e. The van der Waals surface area contributed by atoms with Gasteiger partial charge in [0.1, 0.15) is 5.75 Å². The fraction of sp³-hybridized carbons (Fsp3) is 0.111. The molecule has 0 unspecified atom stereocenters. The summed E-state index contributed by atoms with van der Waals surface area (Å²) in [7, 11) is 0. The first kappa shape index (κ1) is 15.2. The van der Waals surface area contributed by atoms with Gasteiger partial charge in [-0.05, 0) is 36.8 Å². The summed E-state index contributed by atoms with van der Waals surface area (Å²) in [4.78, 5) is 8.36. The Bertz CT molecular complexity index is 447. The number of hydrogen-bond donors (Lipinski definition) is 4. The van der Waals surface area contributed by atoms with E-state index in [9.17, 15) is 0 Å². The lowest BCUT2D eigenvalue weighted by atomic mass is 10.1. The van der Waals surface area contributed by atoms with Gasteiger partial charge in [-0.2, -0.15) is 5.10 Å². The molecule has 0 amide bonds. The molecule has 9 nitrogen and oxygen atoms in total. The molecule has 0 bridgehead atoms. The van der Waals surface area contributed by atoms with E-state index in [1.807, 2.05) is 0 Å². The lowest BCUT2D eigenvalue weighted by Gasteiger charge is -1.98. The summed E-state index contributed by atoms with van der Waals surface area (Å²) in [6.45, 7) is 1.78. The van der Waals surface area contributed by atoms with Crippen molar-refractivity contribution in [1.82, 2.24) is 0 Å². The van der Waals surface area contributed by atoms with Crippen molar-refractivity contribution >= 4 is 11.7 Å². The normalized spacial score (nSPS) is 9.94. The van der Waals surface area contributed by atoms with Crippen molar-refractivity contribution < 1.29 is 15.4 Å². The summed E-state index contributed by atoms with van der Waals surface area (Å²) in [5, 5.41) is 30.0. The fourth-order valence-corrected chi connectivity index (χ4v) is 0.893. The largest absolute Gasteiger partial charge is 0.508 e. The van der Waals surface area contributed by atoms with Crippen LogP contribution in [0.4, 0.5) is 0 Å². The Morgan fingerprint density at radius 1 is 1.28 bits per heavy atom. The second-order valence-electron chi connectivity index (χ2n) is 2.99. The number of phenolic OH excluding ortho intramolecular Hbond substituents is 1. The second-order valence-corrected chi connectivity index (χ2v) is 2.99. The molecule has 0 heterocycles. The van der Waals surface area contributed by atoms with Gasteiger partial charge in [-0.25, -0.2) is 0 Å². The number of rotatable bonds is 2. The average molecular weight is 255 g/mol. The van der Waals surface area contributed by atoms with E-state index in [-0.39, 0.29) is 11.7 Å². The van der Waals surface area contributed by atoms with Crippen LogP contribution in [0.3, 0.4) is 0 Å². The Morgan fingerprint density at radius 2 is 1.72 bits per heavy atom. The van der Waals surface area contributed by atoms with Gasteiger partial charge < -0.3 is 21.8 Å². The topological polar surface area (TPSA) is 160 Å². The van der Waals surface area contributed by atoms with E-state index in [4.69, 9.17) is 31.9 Å². The first-order valence-electron chi connectivity index (χ1n) is 4.58. The van der Waals surface area contributed by atoms with Crippen molar-refractivity contribution in [2.45, 2.75) is 6.92 Å². The molecular formula is C9H13N5O4. The standard InChI is InChI=1S/C9H12N4O.HNO3/c1-6(12-13-9(10)11)7-2-4-8(14)5-3-7;2-1(3)4/h2-5,14H,1H3,(H4,10,11,13);(H,2,3,4). The Balaban J connectivity index is 0.000000631. The van der Waals surface area contributed by atoms with E-state index in [0.29, 0.717) is 5.71 Å². The Morgan fingerprint density at radius 3 is 2.11 bits per heavy atom. The zero-order chi connectivity index (χ0) is 14.1. The molecule has 18 heavy (non-hydrogen) atoms. The molecule has 0 spiro atoms. The van der Waals surface area contributed by atoms with Gasteiger partial charge in [-0.1, -0.05) is 0 Å². The molecule has 1 aromatic carbocycles. The molecule has 0 fully saturated rings. The number of nitrogens with zero attached hydrogens (tertiary/aromatic N) is 3. The Labute approximate surface area is 102 Å². The van der Waals surface area contributed by atoms with Crippen molar-refractivity contribution in [3.8, 4) is 5.75 Å². The number of aromatic hydroxyl groups is 1. The minimum atomic E-state index is -1.50. The van der Waals surface area contributed by atoms with Crippen LogP contribution in [0.2, 0.25) is 0 Å². The minimum absolute atomic E-state index is 0.0804. The van der Waals surface area contributed by atoms with Crippen LogP contribution in [0, 0.1) is 10.1 Å². The third kappa shape index (κ3) is 7.45. The van der Waals surface area contributed by atoms with E-state index in [1.54, 1.807) is 31.2 Å². The Kier molecular flexibility index (Phi) is 6.26. The van der Waals surface area contributed by atoms with E-state index in [1.165, 1.54) is 0 Å². The molecule has 0 aliphatic heterocycles. The maximum atomic E-state index is 9.05. The summed E-state index contributed by atoms with van der Waals surface area (Å²) in [6.07, 6.45) is 0. The van der Waals surface area contributed by atoms with Crippen LogP contribution in [0.1, 0.15) is 12.5 Å². The van der Waals surface area contributed by atoms with Crippen LogP contribution < -0.4 is 11.5 Å². The van der Waals surface area contributed by atoms with Crippen LogP contribution in [-0.4, -0.2) is 27.1 Å². The smallest absolute Gasteiger partial charge is 0.291 e. The summed E-state index contributed by atoms with van der Waals surface area (Å²) in [6, 6.07) is 6.61. The predicted molar refractivity (Wildman–Crippen MR) is 64.9 cm³/mol. The summed E-state index contributed by atoms with van der Waals surface area (Å²) in [5.74, 6) is 0.131. The first-order valence-corrected chi connectivity index (χ1v) is 4.58. The van der Waals surface area contributed by atoms with Crippen molar-refractivity contribution in [3.05, 3.63) is 39.9 Å². The number of phenols is 1. The van der Waals surface area contributed by atoms with E-state index in [2.05, 4.69) is 10.2 Å². The van der Waals surface area contributed by atoms with Crippen LogP contribution in [-0.2, 0) is 0 Å². The average Bonchev–Trinajstić information content (AvgIpc) is 2.26. The van der Waals surface area contributed by atoms with Crippen molar-refractivity contribution in [2.75, 3.05) is 0 Å². The van der Waals surface area contributed by atoms with Crippen LogP contribution in [0.5, 0.6) is 5.75 Å². The molecule has 0 atom stereocenters. The number of guanidine groups is 1. The first-order chi connectivity index (χ1) is 8.32. The molecule has 1 aromatic rings. The third-order valence-corrected chi connectivity index (χ3v) is 1.60. The highest BCUT2D eigenvalue weighted by atomic mass is 16.9. The van der Waals surface area contributed by atoms with Gasteiger partial charge in [0.05, 0.1) is 5.71 Å². The molecule has 1 rings (SSSR count). The predicted octanol–water partition coefficient (Wildman–Crippen LogP) is 0.0419. The summed E-state index contributed by atoms with van der Waals surface area (Å²) >= 11 is 0. The van der Waals surface area contributed by atoms with Gasteiger partial charge in [0.2, 0.25) is 5.96 Å². The number of hydrogen-bond acceptors (Lipinski definition) is 5. The molecule has 9 heteroatoms. The highest BCUT2D eigenvalue weighted by Crippen LogP contribution is 2.10. The monoisotopic (exact) mass is 255 g/mol. The lowest BCUT2D eigenvalue weighted by Crippen LogP contribution is -2.22. The maximum absolute atomic E-state index is 9.05. The van der Waals surface area contributed by atoms with Crippen molar-refractivity contribution in [2.24, 2.45) is 21.7 Å². The van der Waals surface area contributed by atoms with Gasteiger partial charge in [-0.3, -0.25) is 0 Å². The van der Waals surface area contributed by atoms with E-state index in [0.717, 1.165) is 5.56 Å². The lowest BCUT2D eigenvalue weighted by molar-refractivity contribution is -0.742. The van der Waals surface area contributed by atoms with E-state index < -0.39 is 5.09 Å². The number of nitrogens with two attached hydrogens (primary N) is 2. The van der Waals surface area contributed by atoms with Crippen LogP contribution >= 0.6 is 0 Å². The summed E-state index contributed by atoms with van der Waals surface area (Å²) in [5.41, 5.74) is 11.8. The van der Waals surface area contributed by atoms with Crippen molar-refractivity contribution in [3.63, 3.8) is 0 Å². The van der Waals surface area contributed by atoms with Gasteiger partial charge in [0, 0.05) is 0 Å². The highest BCUT2D eigenvalue weighted by molar-refractivity contribution is 5.99. The van der Waals surface area contributed by atoms with Crippen molar-refractivity contribution in [1.29, 1.82) is 0 Å². The number of benzene rings is 1. The zero-order valence-corrected chi connectivity index (χ0v) is 9.52. The van der Waals surface area contributed by atoms with Gasteiger partial charge >= 0.3 is 0 Å². The summed E-state index contributed by atoms with van der Waals surface area (Å²) < 4.78 is 0. The molecule has 0 saturated carbocycles. The molecule has 0 aliphatic rings. The quantitative estimate of drug-likeness (QED) is 0.252. The molecule has 98 valence electrons. The van der Waals surface area contributed by atoms with E-state index >= 15 is 0 Å². The second kappa shape index (κ2) is 7.44. The van der Waals surface area contributed by atoms with Gasteiger partial charge in [-0.15, -0.1) is 15.2 Å². The Hall–Kier alpha value is -2.84.